The average Bonchev–Trinajstić information content (AvgIpc) is 2.30. The van der Waals surface area contributed by atoms with Crippen LogP contribution in [0, 0.1) is 6.92 Å². The molecule has 0 bridgehead atoms. The zero-order valence-electron chi connectivity index (χ0n) is 9.07. The third-order valence-electron chi connectivity index (χ3n) is 2.79. The number of carbonyl (C=O) groups excluding carboxylic acids is 1. The maximum Gasteiger partial charge on any atom is 0.254 e. The van der Waals surface area contributed by atoms with Gasteiger partial charge in [0, 0.05) is 5.56 Å². The Balaban J connectivity index is 2.09. The first-order valence-electron chi connectivity index (χ1n) is 5.45. The van der Waals surface area contributed by atoms with E-state index in [-0.39, 0.29) is 5.91 Å². The number of nitrogens with zero attached hydrogens (tertiary/aromatic N) is 1. The Morgan fingerprint density at radius 2 is 1.80 bits per heavy atom. The lowest BCUT2D eigenvalue weighted by atomic mass is 10.1. The summed E-state index contributed by atoms with van der Waals surface area (Å²) in [6, 6.07) is 7.80. The van der Waals surface area contributed by atoms with Gasteiger partial charge in [-0.15, -0.1) is 0 Å². The van der Waals surface area contributed by atoms with Gasteiger partial charge in [0.1, 0.15) is 0 Å². The first-order valence-corrected chi connectivity index (χ1v) is 5.45. The number of quaternary nitrogens is 1. The molecule has 0 saturated carbocycles. The molecule has 0 aliphatic carbocycles. The molecule has 80 valence electrons. The molecule has 1 aliphatic heterocycles. The third kappa shape index (κ3) is 2.36. The first-order chi connectivity index (χ1) is 7.27. The van der Waals surface area contributed by atoms with Crippen LogP contribution in [-0.4, -0.2) is 37.0 Å². The van der Waals surface area contributed by atoms with Gasteiger partial charge in [-0.05, 0) is 19.1 Å². The summed E-state index contributed by atoms with van der Waals surface area (Å²) in [5, 5.41) is 2.25. The normalized spacial score (nSPS) is 16.5. The van der Waals surface area contributed by atoms with E-state index in [2.05, 4.69) is 5.32 Å². The Morgan fingerprint density at radius 1 is 1.20 bits per heavy atom. The molecule has 0 spiro atoms. The molecule has 2 rings (SSSR count). The SMILES string of the molecule is Cc1ccc(C(=O)N2CC[NH2+]CC2)cc1. The molecule has 1 fully saturated rings. The molecule has 1 aromatic carbocycles. The van der Waals surface area contributed by atoms with Crippen molar-refractivity contribution in [3.63, 3.8) is 0 Å². The van der Waals surface area contributed by atoms with Crippen molar-refractivity contribution >= 4 is 5.91 Å². The lowest BCUT2D eigenvalue weighted by molar-refractivity contribution is -0.661. The fourth-order valence-electron chi connectivity index (χ4n) is 1.83. The highest BCUT2D eigenvalue weighted by Crippen LogP contribution is 2.06. The van der Waals surface area contributed by atoms with Gasteiger partial charge in [-0.1, -0.05) is 17.7 Å². The second-order valence-corrected chi connectivity index (χ2v) is 4.02. The van der Waals surface area contributed by atoms with Crippen molar-refractivity contribution in [3.05, 3.63) is 35.4 Å². The van der Waals surface area contributed by atoms with E-state index in [1.54, 1.807) is 0 Å². The second kappa shape index (κ2) is 4.45. The van der Waals surface area contributed by atoms with Crippen LogP contribution >= 0.6 is 0 Å². The highest BCUT2D eigenvalue weighted by Gasteiger charge is 2.18. The molecule has 3 nitrogen and oxygen atoms in total. The van der Waals surface area contributed by atoms with E-state index in [0.717, 1.165) is 31.7 Å². The fraction of sp³-hybridized carbons (Fsp3) is 0.417. The van der Waals surface area contributed by atoms with Crippen LogP contribution in [0.3, 0.4) is 0 Å². The van der Waals surface area contributed by atoms with Crippen molar-refractivity contribution in [2.75, 3.05) is 26.2 Å². The summed E-state index contributed by atoms with van der Waals surface area (Å²) in [5.41, 5.74) is 2.00. The molecule has 1 amide bonds. The zero-order valence-corrected chi connectivity index (χ0v) is 9.07. The molecular weight excluding hydrogens is 188 g/mol. The molecular formula is C12H17N2O+. The van der Waals surface area contributed by atoms with Gasteiger partial charge in [-0.25, -0.2) is 0 Å². The number of amides is 1. The Bertz CT molecular complexity index is 339. The molecule has 15 heavy (non-hydrogen) atoms. The molecule has 3 heteroatoms. The number of hydrogen-bond acceptors (Lipinski definition) is 1. The molecule has 1 aliphatic rings. The Labute approximate surface area is 90.1 Å². The van der Waals surface area contributed by atoms with E-state index < -0.39 is 0 Å². The number of hydrogen-bond donors (Lipinski definition) is 1. The minimum atomic E-state index is 0.170. The van der Waals surface area contributed by atoms with Crippen molar-refractivity contribution in [2.45, 2.75) is 6.92 Å². The molecule has 0 unspecified atom stereocenters. The predicted octanol–water partition coefficient (Wildman–Crippen LogP) is 0.0142. The van der Waals surface area contributed by atoms with Gasteiger partial charge in [-0.2, -0.15) is 0 Å². The number of carbonyl (C=O) groups is 1. The molecule has 1 heterocycles. The lowest BCUT2D eigenvalue weighted by Gasteiger charge is -2.25. The molecule has 1 saturated heterocycles. The van der Waals surface area contributed by atoms with Gasteiger partial charge in [0.15, 0.2) is 0 Å². The maximum atomic E-state index is 12.0. The van der Waals surface area contributed by atoms with Gasteiger partial charge in [0.2, 0.25) is 0 Å². The summed E-state index contributed by atoms with van der Waals surface area (Å²) in [5.74, 6) is 0.170. The summed E-state index contributed by atoms with van der Waals surface area (Å²) in [4.78, 5) is 14.0. The average molecular weight is 205 g/mol. The van der Waals surface area contributed by atoms with E-state index in [9.17, 15) is 4.79 Å². The van der Waals surface area contributed by atoms with Gasteiger partial charge in [0.25, 0.3) is 5.91 Å². The first kappa shape index (κ1) is 10.2. The molecule has 0 aromatic heterocycles. The monoisotopic (exact) mass is 205 g/mol. The van der Waals surface area contributed by atoms with Crippen LogP contribution in [-0.2, 0) is 0 Å². The van der Waals surface area contributed by atoms with E-state index in [0.29, 0.717) is 0 Å². The Hall–Kier alpha value is -1.35. The Morgan fingerprint density at radius 3 is 2.40 bits per heavy atom. The van der Waals surface area contributed by atoms with Crippen molar-refractivity contribution in [2.24, 2.45) is 0 Å². The molecule has 0 atom stereocenters. The minimum absolute atomic E-state index is 0.170. The standard InChI is InChI=1S/C12H16N2O/c1-10-2-4-11(5-3-10)12(15)14-8-6-13-7-9-14/h2-5,13H,6-9H2,1H3/p+1. The molecule has 2 N–H and O–H groups in total. The summed E-state index contributed by atoms with van der Waals surface area (Å²) in [6.45, 7) is 5.82. The number of nitrogens with two attached hydrogens (primary N) is 1. The van der Waals surface area contributed by atoms with E-state index in [1.807, 2.05) is 36.1 Å². The second-order valence-electron chi connectivity index (χ2n) is 4.02. The number of rotatable bonds is 1. The zero-order chi connectivity index (χ0) is 10.7. The van der Waals surface area contributed by atoms with Crippen LogP contribution in [0.5, 0.6) is 0 Å². The predicted molar refractivity (Wildman–Crippen MR) is 58.7 cm³/mol. The van der Waals surface area contributed by atoms with Gasteiger partial charge in [-0.3, -0.25) is 4.79 Å². The lowest BCUT2D eigenvalue weighted by Crippen LogP contribution is -2.89. The smallest absolute Gasteiger partial charge is 0.254 e. The Kier molecular flexibility index (Phi) is 3.02. The van der Waals surface area contributed by atoms with Crippen LogP contribution in [0.15, 0.2) is 24.3 Å². The number of benzene rings is 1. The molecule has 0 radical (unpaired) electrons. The van der Waals surface area contributed by atoms with Crippen LogP contribution in [0.4, 0.5) is 0 Å². The molecule has 1 aromatic rings. The van der Waals surface area contributed by atoms with E-state index in [1.165, 1.54) is 5.56 Å². The number of piperazine rings is 1. The summed E-state index contributed by atoms with van der Waals surface area (Å²) in [7, 11) is 0. The van der Waals surface area contributed by atoms with Crippen LogP contribution in [0.2, 0.25) is 0 Å². The van der Waals surface area contributed by atoms with Gasteiger partial charge < -0.3 is 10.2 Å². The van der Waals surface area contributed by atoms with Crippen molar-refractivity contribution < 1.29 is 10.1 Å². The fourth-order valence-corrected chi connectivity index (χ4v) is 1.83. The topological polar surface area (TPSA) is 36.9 Å². The maximum absolute atomic E-state index is 12.0. The van der Waals surface area contributed by atoms with Gasteiger partial charge in [0.05, 0.1) is 26.2 Å². The van der Waals surface area contributed by atoms with Gasteiger partial charge >= 0.3 is 0 Å². The third-order valence-corrected chi connectivity index (χ3v) is 2.79. The van der Waals surface area contributed by atoms with Crippen molar-refractivity contribution in [1.29, 1.82) is 0 Å². The van der Waals surface area contributed by atoms with Crippen molar-refractivity contribution in [3.8, 4) is 0 Å². The van der Waals surface area contributed by atoms with E-state index in [4.69, 9.17) is 0 Å². The van der Waals surface area contributed by atoms with Crippen LogP contribution < -0.4 is 5.32 Å². The quantitative estimate of drug-likeness (QED) is 0.689. The highest BCUT2D eigenvalue weighted by molar-refractivity contribution is 5.94. The van der Waals surface area contributed by atoms with E-state index >= 15 is 0 Å². The summed E-state index contributed by atoms with van der Waals surface area (Å²) in [6.07, 6.45) is 0. The summed E-state index contributed by atoms with van der Waals surface area (Å²) >= 11 is 0. The highest BCUT2D eigenvalue weighted by atomic mass is 16.2. The van der Waals surface area contributed by atoms with Crippen LogP contribution in [0.1, 0.15) is 15.9 Å². The van der Waals surface area contributed by atoms with Crippen molar-refractivity contribution in [1.82, 2.24) is 4.90 Å². The minimum Gasteiger partial charge on any atom is -0.343 e. The largest absolute Gasteiger partial charge is 0.343 e. The summed E-state index contributed by atoms with van der Waals surface area (Å²) < 4.78 is 0. The van der Waals surface area contributed by atoms with Crippen LogP contribution in [0.25, 0.3) is 0 Å². The number of aryl methyl sites for hydroxylation is 1.